The fourth-order valence-electron chi connectivity index (χ4n) is 5.18. The first-order valence-electron chi connectivity index (χ1n) is 14.4. The van der Waals surface area contributed by atoms with Crippen LogP contribution in [0, 0.1) is 23.7 Å². The second-order valence-corrected chi connectivity index (χ2v) is 10.7. The Morgan fingerprint density at radius 1 is 0.778 bits per heavy atom. The maximum atomic E-state index is 12.6. The van der Waals surface area contributed by atoms with Gasteiger partial charge in [0.2, 0.25) is 0 Å². The number of imide groups is 1. The molecule has 4 atom stereocenters. The Bertz CT molecular complexity index is 663. The summed E-state index contributed by atoms with van der Waals surface area (Å²) in [5.41, 5.74) is 0. The zero-order chi connectivity index (χ0) is 26.9. The number of carbonyl (C=O) groups is 4. The Balaban J connectivity index is 2.36. The van der Waals surface area contributed by atoms with Crippen LogP contribution in [0.15, 0.2) is 0 Å². The Hall–Kier alpha value is -1.92. The van der Waals surface area contributed by atoms with Gasteiger partial charge in [0.1, 0.15) is 0 Å². The molecule has 2 amide bonds. The minimum Gasteiger partial charge on any atom is -0.469 e. The van der Waals surface area contributed by atoms with E-state index in [0.29, 0.717) is 24.3 Å². The largest absolute Gasteiger partial charge is 0.469 e. The van der Waals surface area contributed by atoms with Gasteiger partial charge in [-0.05, 0) is 37.5 Å². The highest BCUT2D eigenvalue weighted by molar-refractivity contribution is 6.01. The molecule has 208 valence electrons. The number of rotatable bonds is 20. The van der Waals surface area contributed by atoms with Crippen molar-refractivity contribution in [1.29, 1.82) is 0 Å². The van der Waals surface area contributed by atoms with E-state index in [2.05, 4.69) is 20.8 Å². The summed E-state index contributed by atoms with van der Waals surface area (Å²) in [7, 11) is 1.36. The molecule has 7 heteroatoms. The predicted molar refractivity (Wildman–Crippen MR) is 140 cm³/mol. The summed E-state index contributed by atoms with van der Waals surface area (Å²) in [6, 6.07) is 0. The molecule has 7 nitrogen and oxygen atoms in total. The maximum absolute atomic E-state index is 12.6. The van der Waals surface area contributed by atoms with E-state index in [1.54, 1.807) is 0 Å². The van der Waals surface area contributed by atoms with Gasteiger partial charge in [0, 0.05) is 12.8 Å². The van der Waals surface area contributed by atoms with Crippen LogP contribution in [-0.4, -0.2) is 35.9 Å². The molecule has 1 aliphatic heterocycles. The van der Waals surface area contributed by atoms with Crippen molar-refractivity contribution in [3.05, 3.63) is 0 Å². The van der Waals surface area contributed by atoms with Crippen molar-refractivity contribution in [2.45, 2.75) is 130 Å². The Kier molecular flexibility index (Phi) is 16.4. The normalized spacial score (nSPS) is 17.1. The molecule has 0 N–H and O–H groups in total. The first-order chi connectivity index (χ1) is 17.3. The van der Waals surface area contributed by atoms with Crippen LogP contribution in [0.3, 0.4) is 0 Å². The van der Waals surface area contributed by atoms with Gasteiger partial charge in [-0.3, -0.25) is 14.4 Å². The van der Waals surface area contributed by atoms with Crippen LogP contribution in [0.2, 0.25) is 0 Å². The zero-order valence-electron chi connectivity index (χ0n) is 23.5. The number of carbonyl (C=O) groups excluding carboxylic acids is 4. The van der Waals surface area contributed by atoms with Gasteiger partial charge >= 0.3 is 11.9 Å². The van der Waals surface area contributed by atoms with Crippen molar-refractivity contribution in [1.82, 2.24) is 5.06 Å². The van der Waals surface area contributed by atoms with E-state index in [1.165, 1.54) is 58.5 Å². The van der Waals surface area contributed by atoms with E-state index >= 15 is 0 Å². The predicted octanol–water partition coefficient (Wildman–Crippen LogP) is 6.77. The lowest BCUT2D eigenvalue weighted by Crippen LogP contribution is -2.35. The molecule has 0 aromatic heterocycles. The molecular formula is C29H51NO6. The third kappa shape index (κ3) is 11.9. The summed E-state index contributed by atoms with van der Waals surface area (Å²) < 4.78 is 4.98. The van der Waals surface area contributed by atoms with Gasteiger partial charge in [-0.1, -0.05) is 91.9 Å². The molecule has 0 aromatic rings. The van der Waals surface area contributed by atoms with Crippen molar-refractivity contribution < 1.29 is 28.8 Å². The summed E-state index contributed by atoms with van der Waals surface area (Å²) in [5.74, 6) is -1.26. The minimum atomic E-state index is -0.635. The molecular weight excluding hydrogens is 458 g/mol. The van der Waals surface area contributed by atoms with Gasteiger partial charge in [0.25, 0.3) is 11.8 Å². The minimum absolute atomic E-state index is 0.0603. The second-order valence-electron chi connectivity index (χ2n) is 10.7. The SMILES string of the molecule is CCCCC(CC)CC(C)CCCCCCCC(CC(CC)C(=O)ON1C(=O)CCC1=O)C(=O)OC. The lowest BCUT2D eigenvalue weighted by Gasteiger charge is -2.21. The highest BCUT2D eigenvalue weighted by atomic mass is 16.7. The lowest BCUT2D eigenvalue weighted by molar-refractivity contribution is -0.201. The number of hydrogen-bond acceptors (Lipinski definition) is 6. The van der Waals surface area contributed by atoms with Crippen molar-refractivity contribution >= 4 is 23.8 Å². The van der Waals surface area contributed by atoms with Crippen LogP contribution < -0.4 is 0 Å². The van der Waals surface area contributed by atoms with Crippen molar-refractivity contribution in [2.24, 2.45) is 23.7 Å². The molecule has 36 heavy (non-hydrogen) atoms. The molecule has 1 aliphatic rings. The van der Waals surface area contributed by atoms with Crippen LogP contribution in [0.25, 0.3) is 0 Å². The Morgan fingerprint density at radius 3 is 1.94 bits per heavy atom. The average Bonchev–Trinajstić information content (AvgIpc) is 3.19. The molecule has 1 rings (SSSR count). The van der Waals surface area contributed by atoms with E-state index in [1.807, 2.05) is 6.92 Å². The van der Waals surface area contributed by atoms with Crippen LogP contribution in [0.5, 0.6) is 0 Å². The van der Waals surface area contributed by atoms with Gasteiger partial charge < -0.3 is 9.57 Å². The average molecular weight is 510 g/mol. The molecule has 0 saturated carbocycles. The second kappa shape index (κ2) is 18.3. The van der Waals surface area contributed by atoms with E-state index < -0.39 is 29.6 Å². The number of amides is 2. The van der Waals surface area contributed by atoms with Crippen LogP contribution in [-0.2, 0) is 28.8 Å². The fraction of sp³-hybridized carbons (Fsp3) is 0.862. The number of ether oxygens (including phenoxy) is 1. The van der Waals surface area contributed by atoms with E-state index in [9.17, 15) is 19.2 Å². The molecule has 4 unspecified atom stereocenters. The molecule has 0 aromatic carbocycles. The summed E-state index contributed by atoms with van der Waals surface area (Å²) >= 11 is 0. The Labute approximate surface area is 219 Å². The molecule has 1 fully saturated rings. The third-order valence-electron chi connectivity index (χ3n) is 7.65. The number of esters is 1. The van der Waals surface area contributed by atoms with Crippen molar-refractivity contribution in [3.8, 4) is 0 Å². The van der Waals surface area contributed by atoms with Crippen molar-refractivity contribution in [2.75, 3.05) is 7.11 Å². The Morgan fingerprint density at radius 2 is 1.39 bits per heavy atom. The first-order valence-corrected chi connectivity index (χ1v) is 14.4. The fourth-order valence-corrected chi connectivity index (χ4v) is 5.18. The zero-order valence-corrected chi connectivity index (χ0v) is 23.5. The third-order valence-corrected chi connectivity index (χ3v) is 7.65. The summed E-state index contributed by atoms with van der Waals surface area (Å²) in [4.78, 5) is 53.5. The van der Waals surface area contributed by atoms with Crippen LogP contribution in [0.4, 0.5) is 0 Å². The van der Waals surface area contributed by atoms with Crippen LogP contribution in [0.1, 0.15) is 130 Å². The van der Waals surface area contributed by atoms with Crippen LogP contribution >= 0.6 is 0 Å². The maximum Gasteiger partial charge on any atom is 0.336 e. The van der Waals surface area contributed by atoms with Crippen molar-refractivity contribution in [3.63, 3.8) is 0 Å². The highest BCUT2D eigenvalue weighted by Crippen LogP contribution is 2.27. The molecule has 1 saturated heterocycles. The summed E-state index contributed by atoms with van der Waals surface area (Å²) in [6.45, 7) is 8.80. The van der Waals surface area contributed by atoms with Gasteiger partial charge in [0.05, 0.1) is 18.9 Å². The standard InChI is InChI=1S/C29H51NO6/c1-6-9-16-23(7-2)20-22(4)15-13-11-10-12-14-17-25(28(33)35-5)21-24(8-3)29(34)36-30-26(31)18-19-27(30)32/h22-25H,6-21H2,1-5H3. The number of methoxy groups -OCH3 is 1. The number of hydrogen-bond donors (Lipinski definition) is 0. The summed E-state index contributed by atoms with van der Waals surface area (Å²) in [5, 5.41) is 0.576. The molecule has 0 aliphatic carbocycles. The number of unbranched alkanes of at least 4 members (excludes halogenated alkanes) is 5. The molecule has 0 bridgehead atoms. The topological polar surface area (TPSA) is 90.0 Å². The molecule has 0 spiro atoms. The molecule has 1 heterocycles. The molecule has 0 radical (unpaired) electrons. The van der Waals surface area contributed by atoms with E-state index in [-0.39, 0.29) is 18.8 Å². The number of nitrogens with zero attached hydrogens (tertiary/aromatic N) is 1. The van der Waals surface area contributed by atoms with Gasteiger partial charge in [-0.2, -0.15) is 0 Å². The first kappa shape index (κ1) is 32.1. The van der Waals surface area contributed by atoms with Gasteiger partial charge in [-0.15, -0.1) is 5.06 Å². The smallest absolute Gasteiger partial charge is 0.336 e. The number of hydroxylamine groups is 2. The lowest BCUT2D eigenvalue weighted by atomic mass is 9.87. The monoisotopic (exact) mass is 509 g/mol. The quantitative estimate of drug-likeness (QED) is 0.102. The summed E-state index contributed by atoms with van der Waals surface area (Å²) in [6.07, 6.45) is 15.0. The van der Waals surface area contributed by atoms with Gasteiger partial charge in [0.15, 0.2) is 0 Å². The van der Waals surface area contributed by atoms with Gasteiger partial charge in [-0.25, -0.2) is 4.79 Å². The highest BCUT2D eigenvalue weighted by Gasteiger charge is 2.35. The van der Waals surface area contributed by atoms with E-state index in [0.717, 1.165) is 31.1 Å². The van der Waals surface area contributed by atoms with E-state index in [4.69, 9.17) is 9.57 Å².